The number of amides is 2. The van der Waals surface area contributed by atoms with Crippen LogP contribution in [0.2, 0.25) is 0 Å². The van der Waals surface area contributed by atoms with Gasteiger partial charge in [-0.25, -0.2) is 0 Å². The van der Waals surface area contributed by atoms with Gasteiger partial charge < -0.3 is 15.8 Å². The number of rotatable bonds is 6. The molecule has 1 aliphatic carbocycles. The van der Waals surface area contributed by atoms with Crippen molar-refractivity contribution < 1.29 is 14.3 Å². The molecule has 160 valence electrons. The lowest BCUT2D eigenvalue weighted by Crippen LogP contribution is -2.34. The maximum atomic E-state index is 12.8. The zero-order valence-electron chi connectivity index (χ0n) is 16.8. The summed E-state index contributed by atoms with van der Waals surface area (Å²) >= 11 is 10.2. The molecule has 2 amide bonds. The molecule has 1 aliphatic rings. The molecule has 30 heavy (non-hydrogen) atoms. The molecule has 0 atom stereocenters. The second-order valence-electron chi connectivity index (χ2n) is 7.53. The number of ether oxygens (including phenoxy) is 1. The summed E-state index contributed by atoms with van der Waals surface area (Å²) in [4.78, 5) is 26.0. The van der Waals surface area contributed by atoms with Gasteiger partial charge in [-0.1, -0.05) is 29.8 Å². The van der Waals surface area contributed by atoms with Crippen molar-refractivity contribution in [3.8, 4) is 5.75 Å². The van der Waals surface area contributed by atoms with E-state index in [1.807, 2.05) is 19.9 Å². The summed E-state index contributed by atoms with van der Waals surface area (Å²) in [7, 11) is 0. The van der Waals surface area contributed by atoms with E-state index in [1.165, 1.54) is 11.3 Å². The Morgan fingerprint density at radius 1 is 1.30 bits per heavy atom. The van der Waals surface area contributed by atoms with Crippen LogP contribution in [0.25, 0.3) is 0 Å². The normalized spacial score (nSPS) is 12.9. The zero-order valence-corrected chi connectivity index (χ0v) is 20.1. The molecule has 4 N–H and O–H groups in total. The van der Waals surface area contributed by atoms with Crippen molar-refractivity contribution in [3.05, 3.63) is 44.2 Å². The van der Waals surface area contributed by atoms with Crippen LogP contribution >= 0.6 is 39.5 Å². The number of hydrogen-bond acceptors (Lipinski definition) is 5. The molecular weight excluding hydrogens is 486 g/mol. The number of thiophene rings is 1. The molecular formula is C21H24BrN3O3S2. The van der Waals surface area contributed by atoms with E-state index >= 15 is 0 Å². The number of hydrogen-bond donors (Lipinski definition) is 3. The number of carbonyl (C=O) groups excluding carboxylic acids is 2. The number of thiocarbonyl (C=S) groups is 1. The molecule has 0 radical (unpaired) electrons. The van der Waals surface area contributed by atoms with Gasteiger partial charge in [0.2, 0.25) is 0 Å². The molecule has 9 heteroatoms. The van der Waals surface area contributed by atoms with Crippen molar-refractivity contribution in [2.45, 2.75) is 39.5 Å². The zero-order chi connectivity index (χ0) is 21.8. The summed E-state index contributed by atoms with van der Waals surface area (Å²) < 4.78 is 6.53. The first-order valence-corrected chi connectivity index (χ1v) is 11.8. The number of benzene rings is 1. The summed E-state index contributed by atoms with van der Waals surface area (Å²) in [6.07, 6.45) is 3.89. The smallest absolute Gasteiger partial charge is 0.261 e. The Morgan fingerprint density at radius 2 is 2.03 bits per heavy atom. The highest BCUT2D eigenvalue weighted by molar-refractivity contribution is 9.10. The third-order valence-corrected chi connectivity index (χ3v) is 6.53. The lowest BCUT2D eigenvalue weighted by Gasteiger charge is -2.14. The van der Waals surface area contributed by atoms with E-state index in [0.717, 1.165) is 40.6 Å². The first-order valence-electron chi connectivity index (χ1n) is 9.75. The SMILES string of the molecule is CC(C)COc1ccc(Br)cc1C(=O)NC(=S)Nc1sc2c(c1C(N)=O)CCCC2. The van der Waals surface area contributed by atoms with Crippen molar-refractivity contribution in [2.75, 3.05) is 11.9 Å². The fourth-order valence-corrected chi connectivity index (χ4v) is 5.20. The Bertz CT molecular complexity index is 988. The van der Waals surface area contributed by atoms with E-state index in [4.69, 9.17) is 22.7 Å². The molecule has 0 bridgehead atoms. The quantitative estimate of drug-likeness (QED) is 0.492. The van der Waals surface area contributed by atoms with E-state index in [-0.39, 0.29) is 5.11 Å². The van der Waals surface area contributed by atoms with Crippen LogP contribution in [0, 0.1) is 5.92 Å². The van der Waals surface area contributed by atoms with Crippen LogP contribution in [0.4, 0.5) is 5.00 Å². The minimum Gasteiger partial charge on any atom is -0.492 e. The predicted molar refractivity (Wildman–Crippen MR) is 128 cm³/mol. The Morgan fingerprint density at radius 3 is 2.73 bits per heavy atom. The van der Waals surface area contributed by atoms with Crippen LogP contribution in [-0.4, -0.2) is 23.5 Å². The number of halogens is 1. The minimum absolute atomic E-state index is 0.107. The summed E-state index contributed by atoms with van der Waals surface area (Å²) in [6.45, 7) is 4.57. The van der Waals surface area contributed by atoms with Crippen LogP contribution in [0.3, 0.4) is 0 Å². The summed E-state index contributed by atoms with van der Waals surface area (Å²) in [5.41, 5.74) is 7.48. The fourth-order valence-electron chi connectivity index (χ4n) is 3.28. The van der Waals surface area contributed by atoms with Gasteiger partial charge in [0.1, 0.15) is 10.8 Å². The number of primary amides is 1. The van der Waals surface area contributed by atoms with Gasteiger partial charge in [-0.05, 0) is 67.6 Å². The molecule has 0 saturated heterocycles. The predicted octanol–water partition coefficient (Wildman–Crippen LogP) is 4.65. The van der Waals surface area contributed by atoms with Crippen molar-refractivity contribution in [1.82, 2.24) is 5.32 Å². The topological polar surface area (TPSA) is 93.4 Å². The summed E-state index contributed by atoms with van der Waals surface area (Å²) in [5, 5.41) is 6.38. The second kappa shape index (κ2) is 9.89. The second-order valence-corrected chi connectivity index (χ2v) is 9.96. The Labute approximate surface area is 193 Å². The highest BCUT2D eigenvalue weighted by Gasteiger charge is 2.25. The lowest BCUT2D eigenvalue weighted by atomic mass is 9.95. The fraction of sp³-hybridized carbons (Fsp3) is 0.381. The molecule has 6 nitrogen and oxygen atoms in total. The number of aryl methyl sites for hydroxylation is 1. The van der Waals surface area contributed by atoms with Crippen molar-refractivity contribution in [1.29, 1.82) is 0 Å². The number of nitrogens with two attached hydrogens (primary N) is 1. The Kier molecular flexibility index (Phi) is 7.49. The molecule has 1 heterocycles. The standard InChI is InChI=1S/C21H24BrN3O3S2/c1-11(2)10-28-15-8-7-12(22)9-14(15)19(27)24-21(29)25-20-17(18(23)26)13-5-3-4-6-16(13)30-20/h7-9,11H,3-6,10H2,1-2H3,(H2,23,26)(H2,24,25,27,29). The van der Waals surface area contributed by atoms with E-state index in [9.17, 15) is 9.59 Å². The molecule has 0 spiro atoms. The Hall–Kier alpha value is -1.97. The van der Waals surface area contributed by atoms with Gasteiger partial charge >= 0.3 is 0 Å². The number of carbonyl (C=O) groups is 2. The third-order valence-electron chi connectivity index (χ3n) is 4.63. The van der Waals surface area contributed by atoms with Crippen LogP contribution in [0.1, 0.15) is 57.8 Å². The number of fused-ring (bicyclic) bond motifs is 1. The number of nitrogens with one attached hydrogen (secondary N) is 2. The van der Waals surface area contributed by atoms with Crippen LogP contribution in [-0.2, 0) is 12.8 Å². The summed E-state index contributed by atoms with van der Waals surface area (Å²) in [6, 6.07) is 5.25. The van der Waals surface area contributed by atoms with Gasteiger partial charge in [-0.3, -0.25) is 14.9 Å². The maximum Gasteiger partial charge on any atom is 0.261 e. The minimum atomic E-state index is -0.484. The van der Waals surface area contributed by atoms with Crippen molar-refractivity contribution in [3.63, 3.8) is 0 Å². The summed E-state index contributed by atoms with van der Waals surface area (Å²) in [5.74, 6) is -0.0714. The first-order chi connectivity index (χ1) is 14.3. The molecule has 0 saturated carbocycles. The average molecular weight is 510 g/mol. The maximum absolute atomic E-state index is 12.8. The first kappa shape index (κ1) is 22.7. The van der Waals surface area contributed by atoms with Gasteiger partial charge in [0.25, 0.3) is 11.8 Å². The van der Waals surface area contributed by atoms with Gasteiger partial charge in [0.15, 0.2) is 5.11 Å². The Balaban J connectivity index is 1.76. The van der Waals surface area contributed by atoms with Gasteiger partial charge in [0, 0.05) is 9.35 Å². The number of anilines is 1. The molecule has 1 aromatic carbocycles. The molecule has 2 aromatic rings. The molecule has 0 aliphatic heterocycles. The van der Waals surface area contributed by atoms with Gasteiger partial charge in [-0.15, -0.1) is 11.3 Å². The van der Waals surface area contributed by atoms with E-state index in [1.54, 1.807) is 12.1 Å². The van der Waals surface area contributed by atoms with E-state index in [0.29, 0.717) is 34.4 Å². The van der Waals surface area contributed by atoms with Crippen LogP contribution in [0.15, 0.2) is 22.7 Å². The molecule has 1 aromatic heterocycles. The van der Waals surface area contributed by atoms with Gasteiger partial charge in [-0.2, -0.15) is 0 Å². The molecule has 0 fully saturated rings. The van der Waals surface area contributed by atoms with Gasteiger partial charge in [0.05, 0.1) is 17.7 Å². The van der Waals surface area contributed by atoms with Crippen molar-refractivity contribution >= 4 is 61.4 Å². The highest BCUT2D eigenvalue weighted by atomic mass is 79.9. The van der Waals surface area contributed by atoms with E-state index < -0.39 is 11.8 Å². The largest absolute Gasteiger partial charge is 0.492 e. The molecule has 0 unspecified atom stereocenters. The lowest BCUT2D eigenvalue weighted by molar-refractivity contribution is 0.0971. The molecule has 3 rings (SSSR count). The average Bonchev–Trinajstić information content (AvgIpc) is 3.04. The van der Waals surface area contributed by atoms with E-state index in [2.05, 4.69) is 26.6 Å². The highest BCUT2D eigenvalue weighted by Crippen LogP contribution is 2.37. The monoisotopic (exact) mass is 509 g/mol. The van der Waals surface area contributed by atoms with Crippen molar-refractivity contribution in [2.24, 2.45) is 11.7 Å². The van der Waals surface area contributed by atoms with Crippen LogP contribution in [0.5, 0.6) is 5.75 Å². The third kappa shape index (κ3) is 5.39. The van der Waals surface area contributed by atoms with Crippen LogP contribution < -0.4 is 21.1 Å².